The molecule has 1 heteroatoms. The number of hydrogen-bond donors (Lipinski definition) is 0. The van der Waals surface area contributed by atoms with Crippen LogP contribution in [0.4, 0.5) is 0 Å². The van der Waals surface area contributed by atoms with Gasteiger partial charge in [0.2, 0.25) is 0 Å². The minimum absolute atomic E-state index is 0.169. The molecule has 0 nitrogen and oxygen atoms in total. The Balaban J connectivity index is 2.17. The van der Waals surface area contributed by atoms with E-state index in [1.54, 1.807) is 0 Å². The van der Waals surface area contributed by atoms with Gasteiger partial charge in [0.25, 0.3) is 0 Å². The Morgan fingerprint density at radius 1 is 0.565 bits per heavy atom. The lowest BCUT2D eigenvalue weighted by molar-refractivity contribution is 1.70. The van der Waals surface area contributed by atoms with Gasteiger partial charge in [0, 0.05) is 0 Å². The molecule has 0 amide bonds. The Bertz CT molecular complexity index is 994. The Morgan fingerprint density at radius 3 is 1.91 bits per heavy atom. The quantitative estimate of drug-likeness (QED) is 0.396. The van der Waals surface area contributed by atoms with Gasteiger partial charge >= 0.3 is 0 Å². The van der Waals surface area contributed by atoms with Crippen molar-refractivity contribution in [3.63, 3.8) is 0 Å². The first-order chi connectivity index (χ1) is 11.3. The number of hydrogen-bond acceptors (Lipinski definition) is 0. The Labute approximate surface area is 138 Å². The van der Waals surface area contributed by atoms with Gasteiger partial charge < -0.3 is 0 Å². The van der Waals surface area contributed by atoms with Gasteiger partial charge in [0.1, 0.15) is 0 Å². The van der Waals surface area contributed by atoms with E-state index in [0.29, 0.717) is 0 Å². The van der Waals surface area contributed by atoms with Crippen molar-refractivity contribution in [1.29, 1.82) is 0 Å². The standard InChI is InChI=1S/C22H19P/c1-23(2)21-15-14-17-9-4-6-12-19(17)22(21)20-13-7-10-16-8-3-5-11-18(16)20/h3-15H,1-2H3. The molecule has 0 spiro atoms. The molecule has 0 saturated heterocycles. The first kappa shape index (κ1) is 14.4. The highest BCUT2D eigenvalue weighted by molar-refractivity contribution is 7.64. The predicted octanol–water partition coefficient (Wildman–Crippen LogP) is 6.03. The molecule has 0 aliphatic heterocycles. The second-order valence-electron chi connectivity index (χ2n) is 6.10. The monoisotopic (exact) mass is 314 g/mol. The Kier molecular flexibility index (Phi) is 3.63. The second kappa shape index (κ2) is 5.80. The lowest BCUT2D eigenvalue weighted by Crippen LogP contribution is -2.05. The largest absolute Gasteiger partial charge is 0.0810 e. The maximum absolute atomic E-state index is 2.34. The maximum atomic E-state index is 2.34. The second-order valence-corrected chi connectivity index (χ2v) is 8.37. The van der Waals surface area contributed by atoms with Crippen molar-refractivity contribution >= 4 is 34.8 Å². The minimum atomic E-state index is -0.169. The summed E-state index contributed by atoms with van der Waals surface area (Å²) in [6.07, 6.45) is 0. The smallest absolute Gasteiger partial charge is 0.00224 e. The van der Waals surface area contributed by atoms with Crippen LogP contribution >= 0.6 is 7.92 Å². The molecular formula is C22H19P. The molecule has 0 unspecified atom stereocenters. The van der Waals surface area contributed by atoms with E-state index in [2.05, 4.69) is 92.2 Å². The van der Waals surface area contributed by atoms with E-state index in [1.807, 2.05) is 0 Å². The van der Waals surface area contributed by atoms with E-state index in [4.69, 9.17) is 0 Å². The van der Waals surface area contributed by atoms with E-state index >= 15 is 0 Å². The average molecular weight is 314 g/mol. The molecule has 0 bridgehead atoms. The van der Waals surface area contributed by atoms with Gasteiger partial charge in [-0.05, 0) is 51.3 Å². The molecule has 4 rings (SSSR count). The van der Waals surface area contributed by atoms with Crippen LogP contribution in [-0.4, -0.2) is 13.3 Å². The zero-order chi connectivity index (χ0) is 15.8. The lowest BCUT2D eigenvalue weighted by Gasteiger charge is -2.18. The van der Waals surface area contributed by atoms with Crippen LogP contribution in [0.5, 0.6) is 0 Å². The molecule has 0 saturated carbocycles. The maximum Gasteiger partial charge on any atom is -0.00224 e. The van der Waals surface area contributed by atoms with Crippen molar-refractivity contribution < 1.29 is 0 Å². The van der Waals surface area contributed by atoms with Gasteiger partial charge in [0.05, 0.1) is 0 Å². The summed E-state index contributed by atoms with van der Waals surface area (Å²) in [6.45, 7) is 4.68. The van der Waals surface area contributed by atoms with E-state index in [9.17, 15) is 0 Å². The van der Waals surface area contributed by atoms with Crippen molar-refractivity contribution in [1.82, 2.24) is 0 Å². The highest BCUT2D eigenvalue weighted by Crippen LogP contribution is 2.38. The van der Waals surface area contributed by atoms with Gasteiger partial charge in [-0.25, -0.2) is 0 Å². The fourth-order valence-corrected chi connectivity index (χ4v) is 4.42. The molecule has 0 radical (unpaired) electrons. The predicted molar refractivity (Wildman–Crippen MR) is 105 cm³/mol. The van der Waals surface area contributed by atoms with Crippen molar-refractivity contribution in [2.75, 3.05) is 13.3 Å². The first-order valence-corrected chi connectivity index (χ1v) is 10.2. The molecule has 0 atom stereocenters. The Hall–Kier alpha value is -2.17. The zero-order valence-electron chi connectivity index (χ0n) is 13.5. The van der Waals surface area contributed by atoms with Crippen molar-refractivity contribution in [3.8, 4) is 11.1 Å². The molecular weight excluding hydrogens is 295 g/mol. The van der Waals surface area contributed by atoms with Crippen LogP contribution in [0, 0.1) is 0 Å². The van der Waals surface area contributed by atoms with E-state index in [0.717, 1.165) is 0 Å². The van der Waals surface area contributed by atoms with Gasteiger partial charge in [-0.1, -0.05) is 86.8 Å². The van der Waals surface area contributed by atoms with Crippen LogP contribution in [0.15, 0.2) is 78.9 Å². The number of fused-ring (bicyclic) bond motifs is 2. The van der Waals surface area contributed by atoms with Gasteiger partial charge in [-0.3, -0.25) is 0 Å². The summed E-state index contributed by atoms with van der Waals surface area (Å²) in [4.78, 5) is 0. The van der Waals surface area contributed by atoms with E-state index < -0.39 is 0 Å². The van der Waals surface area contributed by atoms with E-state index in [1.165, 1.54) is 38.0 Å². The van der Waals surface area contributed by atoms with Crippen molar-refractivity contribution in [2.45, 2.75) is 0 Å². The zero-order valence-corrected chi connectivity index (χ0v) is 14.3. The van der Waals surface area contributed by atoms with Crippen LogP contribution in [0.2, 0.25) is 0 Å². The SMILES string of the molecule is CP(C)c1ccc2ccccc2c1-c1cccc2ccccc12. The van der Waals surface area contributed by atoms with Gasteiger partial charge in [-0.15, -0.1) is 0 Å². The summed E-state index contributed by atoms with van der Waals surface area (Å²) in [5, 5.41) is 6.80. The van der Waals surface area contributed by atoms with Crippen LogP contribution in [0.3, 0.4) is 0 Å². The highest BCUT2D eigenvalue weighted by Gasteiger charge is 2.14. The summed E-state index contributed by atoms with van der Waals surface area (Å²) in [5.41, 5.74) is 2.77. The lowest BCUT2D eigenvalue weighted by atomic mass is 9.94. The molecule has 0 aromatic heterocycles. The molecule has 112 valence electrons. The van der Waals surface area contributed by atoms with Gasteiger partial charge in [0.15, 0.2) is 0 Å². The molecule has 0 aliphatic carbocycles. The molecule has 0 fully saturated rings. The number of benzene rings is 4. The third-order valence-electron chi connectivity index (χ3n) is 4.45. The molecule has 0 heterocycles. The van der Waals surface area contributed by atoms with Crippen LogP contribution in [0.1, 0.15) is 0 Å². The molecule has 0 N–H and O–H groups in total. The fourth-order valence-electron chi connectivity index (χ4n) is 3.36. The highest BCUT2D eigenvalue weighted by atomic mass is 31.1. The molecule has 4 aromatic carbocycles. The molecule has 23 heavy (non-hydrogen) atoms. The van der Waals surface area contributed by atoms with Crippen LogP contribution < -0.4 is 5.30 Å². The molecule has 4 aromatic rings. The summed E-state index contributed by atoms with van der Waals surface area (Å²) < 4.78 is 0. The Morgan fingerprint density at radius 2 is 1.17 bits per heavy atom. The first-order valence-electron chi connectivity index (χ1n) is 7.93. The van der Waals surface area contributed by atoms with Crippen LogP contribution in [0.25, 0.3) is 32.7 Å². The van der Waals surface area contributed by atoms with Crippen LogP contribution in [-0.2, 0) is 0 Å². The van der Waals surface area contributed by atoms with Gasteiger partial charge in [-0.2, -0.15) is 0 Å². The summed E-state index contributed by atoms with van der Waals surface area (Å²) in [6, 6.07) is 28.7. The van der Waals surface area contributed by atoms with Crippen molar-refractivity contribution in [2.24, 2.45) is 0 Å². The molecule has 0 aliphatic rings. The topological polar surface area (TPSA) is 0 Å². The minimum Gasteiger partial charge on any atom is -0.0810 e. The summed E-state index contributed by atoms with van der Waals surface area (Å²) in [7, 11) is -0.169. The summed E-state index contributed by atoms with van der Waals surface area (Å²) >= 11 is 0. The fraction of sp³-hybridized carbons (Fsp3) is 0.0909. The van der Waals surface area contributed by atoms with E-state index in [-0.39, 0.29) is 7.92 Å². The normalized spacial score (nSPS) is 11.4. The third-order valence-corrected chi connectivity index (χ3v) is 5.78. The third kappa shape index (κ3) is 2.44. The summed E-state index contributed by atoms with van der Waals surface area (Å²) in [5.74, 6) is 0. The van der Waals surface area contributed by atoms with Crippen molar-refractivity contribution in [3.05, 3.63) is 78.9 Å². The number of rotatable bonds is 2. The average Bonchev–Trinajstić information content (AvgIpc) is 2.60.